The van der Waals surface area contributed by atoms with Crippen molar-refractivity contribution in [1.29, 1.82) is 0 Å². The maximum absolute atomic E-state index is 14.6. The quantitative estimate of drug-likeness (QED) is 0.707. The van der Waals surface area contributed by atoms with Crippen molar-refractivity contribution in [3.8, 4) is 5.75 Å². The molecule has 166 valence electrons. The van der Waals surface area contributed by atoms with Crippen LogP contribution in [0.25, 0.3) is 0 Å². The van der Waals surface area contributed by atoms with E-state index in [2.05, 4.69) is 10.6 Å². The van der Waals surface area contributed by atoms with Crippen LogP contribution in [0.3, 0.4) is 0 Å². The highest BCUT2D eigenvalue weighted by molar-refractivity contribution is 5.96. The van der Waals surface area contributed by atoms with Crippen LogP contribution < -0.4 is 20.3 Å². The number of carbonyl (C=O) groups excluding carboxylic acids is 2. The van der Waals surface area contributed by atoms with Gasteiger partial charge in [-0.05, 0) is 55.8 Å². The van der Waals surface area contributed by atoms with E-state index in [0.29, 0.717) is 35.7 Å². The highest BCUT2D eigenvalue weighted by Crippen LogP contribution is 2.24. The molecule has 7 nitrogen and oxygen atoms in total. The van der Waals surface area contributed by atoms with Crippen molar-refractivity contribution in [2.24, 2.45) is 0 Å². The van der Waals surface area contributed by atoms with Gasteiger partial charge in [0.15, 0.2) is 0 Å². The summed E-state index contributed by atoms with van der Waals surface area (Å²) in [5.41, 5.74) is 1.60. The Hall–Kier alpha value is -3.13. The molecular formula is C23H28FN3O4. The molecule has 0 aromatic heterocycles. The summed E-state index contributed by atoms with van der Waals surface area (Å²) in [6, 6.07) is 11.5. The predicted octanol–water partition coefficient (Wildman–Crippen LogP) is 2.49. The Morgan fingerprint density at radius 1 is 1.10 bits per heavy atom. The first kappa shape index (κ1) is 22.6. The lowest BCUT2D eigenvalue weighted by atomic mass is 10.1. The van der Waals surface area contributed by atoms with Crippen LogP contribution in [0.5, 0.6) is 5.75 Å². The summed E-state index contributed by atoms with van der Waals surface area (Å²) >= 11 is 0. The van der Waals surface area contributed by atoms with E-state index < -0.39 is 0 Å². The number of benzene rings is 2. The number of carbonyl (C=O) groups is 2. The van der Waals surface area contributed by atoms with E-state index in [1.165, 1.54) is 6.07 Å². The number of ether oxygens (including phenoxy) is 2. The molecule has 2 unspecified atom stereocenters. The third-order valence-electron chi connectivity index (χ3n) is 5.02. The molecule has 1 heterocycles. The largest absolute Gasteiger partial charge is 0.497 e. The van der Waals surface area contributed by atoms with Gasteiger partial charge in [0.1, 0.15) is 11.6 Å². The van der Waals surface area contributed by atoms with Crippen molar-refractivity contribution in [2.45, 2.75) is 32.6 Å². The highest BCUT2D eigenvalue weighted by atomic mass is 19.1. The normalized spacial score (nSPS) is 18.4. The summed E-state index contributed by atoms with van der Waals surface area (Å²) in [4.78, 5) is 26.1. The molecule has 1 fully saturated rings. The molecule has 0 aliphatic carbocycles. The van der Waals surface area contributed by atoms with Crippen molar-refractivity contribution in [2.75, 3.05) is 31.6 Å². The highest BCUT2D eigenvalue weighted by Gasteiger charge is 2.24. The van der Waals surface area contributed by atoms with E-state index in [9.17, 15) is 14.0 Å². The van der Waals surface area contributed by atoms with Crippen LogP contribution in [0.4, 0.5) is 10.1 Å². The number of hydrogen-bond donors (Lipinski definition) is 2. The Morgan fingerprint density at radius 3 is 2.39 bits per heavy atom. The molecule has 1 aliphatic heterocycles. The third-order valence-corrected chi connectivity index (χ3v) is 5.02. The van der Waals surface area contributed by atoms with E-state index in [1.54, 1.807) is 43.5 Å². The standard InChI is InChI=1S/C23H28FN3O4/c1-15-13-27(14-16(2)31-15)21-9-4-17(10-20(21)24)11-25-22(28)12-26-23(29)18-5-7-19(30-3)8-6-18/h4-10,15-16H,11-14H2,1-3H3,(H,25,28)(H,26,29). The number of halogens is 1. The van der Waals surface area contributed by atoms with Gasteiger partial charge in [0.2, 0.25) is 5.91 Å². The molecule has 2 N–H and O–H groups in total. The molecule has 31 heavy (non-hydrogen) atoms. The van der Waals surface area contributed by atoms with Crippen LogP contribution in [0.1, 0.15) is 29.8 Å². The average Bonchev–Trinajstić information content (AvgIpc) is 2.75. The van der Waals surface area contributed by atoms with Gasteiger partial charge < -0.3 is 25.0 Å². The molecule has 2 aromatic rings. The van der Waals surface area contributed by atoms with E-state index >= 15 is 0 Å². The van der Waals surface area contributed by atoms with Gasteiger partial charge >= 0.3 is 0 Å². The van der Waals surface area contributed by atoms with Gasteiger partial charge in [-0.2, -0.15) is 0 Å². The van der Waals surface area contributed by atoms with Crippen molar-refractivity contribution in [1.82, 2.24) is 10.6 Å². The Balaban J connectivity index is 1.48. The Labute approximate surface area is 181 Å². The summed E-state index contributed by atoms with van der Waals surface area (Å²) in [7, 11) is 1.54. The number of hydrogen-bond acceptors (Lipinski definition) is 5. The van der Waals surface area contributed by atoms with Crippen molar-refractivity contribution >= 4 is 17.5 Å². The molecule has 1 saturated heterocycles. The van der Waals surface area contributed by atoms with Crippen molar-refractivity contribution in [3.63, 3.8) is 0 Å². The lowest BCUT2D eigenvalue weighted by molar-refractivity contribution is -0.120. The molecule has 0 spiro atoms. The summed E-state index contributed by atoms with van der Waals surface area (Å²) in [6.45, 7) is 5.20. The van der Waals surface area contributed by atoms with Crippen LogP contribution in [-0.2, 0) is 16.1 Å². The van der Waals surface area contributed by atoms with Crippen molar-refractivity contribution < 1.29 is 23.5 Å². The van der Waals surface area contributed by atoms with Gasteiger partial charge in [0, 0.05) is 25.2 Å². The van der Waals surface area contributed by atoms with Crippen LogP contribution >= 0.6 is 0 Å². The summed E-state index contributed by atoms with van der Waals surface area (Å²) < 4.78 is 25.4. The van der Waals surface area contributed by atoms with Crippen molar-refractivity contribution in [3.05, 3.63) is 59.4 Å². The van der Waals surface area contributed by atoms with Crippen LogP contribution in [0.15, 0.2) is 42.5 Å². The summed E-state index contributed by atoms with van der Waals surface area (Å²) in [6.07, 6.45) is 0.0745. The number of morpholine rings is 1. The zero-order valence-corrected chi connectivity index (χ0v) is 18.0. The lowest BCUT2D eigenvalue weighted by Crippen LogP contribution is -2.45. The molecule has 3 rings (SSSR count). The van der Waals surface area contributed by atoms with Gasteiger partial charge in [-0.25, -0.2) is 4.39 Å². The molecule has 2 atom stereocenters. The van der Waals surface area contributed by atoms with Gasteiger partial charge in [-0.3, -0.25) is 9.59 Å². The summed E-state index contributed by atoms with van der Waals surface area (Å²) in [5.74, 6) is -0.407. The zero-order valence-electron chi connectivity index (χ0n) is 18.0. The van der Waals surface area contributed by atoms with Gasteiger partial charge in [-0.15, -0.1) is 0 Å². The first-order valence-corrected chi connectivity index (χ1v) is 10.2. The smallest absolute Gasteiger partial charge is 0.251 e. The van der Waals surface area contributed by atoms with E-state index in [4.69, 9.17) is 9.47 Å². The van der Waals surface area contributed by atoms with E-state index in [1.807, 2.05) is 18.7 Å². The fourth-order valence-electron chi connectivity index (χ4n) is 3.56. The predicted molar refractivity (Wildman–Crippen MR) is 116 cm³/mol. The molecule has 1 aliphatic rings. The summed E-state index contributed by atoms with van der Waals surface area (Å²) in [5, 5.41) is 5.25. The minimum absolute atomic E-state index is 0.0373. The monoisotopic (exact) mass is 429 g/mol. The number of anilines is 1. The fourth-order valence-corrected chi connectivity index (χ4v) is 3.56. The number of methoxy groups -OCH3 is 1. The van der Waals surface area contributed by atoms with E-state index in [-0.39, 0.29) is 42.9 Å². The molecule has 2 amide bonds. The van der Waals surface area contributed by atoms with E-state index in [0.717, 1.165) is 0 Å². The molecule has 0 radical (unpaired) electrons. The van der Waals surface area contributed by atoms with Crippen LogP contribution in [0, 0.1) is 5.82 Å². The second kappa shape index (κ2) is 10.3. The van der Waals surface area contributed by atoms with Crippen LogP contribution in [-0.4, -0.2) is 50.8 Å². The Bertz CT molecular complexity index is 910. The third kappa shape index (κ3) is 6.18. The minimum atomic E-state index is -0.359. The van der Waals surface area contributed by atoms with Gasteiger partial charge in [0.05, 0.1) is 31.5 Å². The van der Waals surface area contributed by atoms with Gasteiger partial charge in [-0.1, -0.05) is 6.07 Å². The molecule has 8 heteroatoms. The second-order valence-corrected chi connectivity index (χ2v) is 7.64. The molecule has 2 aromatic carbocycles. The lowest BCUT2D eigenvalue weighted by Gasteiger charge is -2.37. The first-order valence-electron chi connectivity index (χ1n) is 10.2. The molecular weight excluding hydrogens is 401 g/mol. The average molecular weight is 429 g/mol. The SMILES string of the molecule is COc1ccc(C(=O)NCC(=O)NCc2ccc(N3CC(C)OC(C)C3)c(F)c2)cc1. The Morgan fingerprint density at radius 2 is 1.77 bits per heavy atom. The maximum Gasteiger partial charge on any atom is 0.251 e. The molecule has 0 bridgehead atoms. The minimum Gasteiger partial charge on any atom is -0.497 e. The van der Waals surface area contributed by atoms with Crippen LogP contribution in [0.2, 0.25) is 0 Å². The zero-order chi connectivity index (χ0) is 22.4. The first-order chi connectivity index (χ1) is 14.9. The second-order valence-electron chi connectivity index (χ2n) is 7.64. The number of nitrogens with zero attached hydrogens (tertiary/aromatic N) is 1. The Kier molecular flexibility index (Phi) is 7.46. The fraction of sp³-hybridized carbons (Fsp3) is 0.391. The number of nitrogens with one attached hydrogen (secondary N) is 2. The maximum atomic E-state index is 14.6. The number of amides is 2. The van der Waals surface area contributed by atoms with Gasteiger partial charge in [0.25, 0.3) is 5.91 Å². The topological polar surface area (TPSA) is 79.9 Å². The molecule has 0 saturated carbocycles. The number of rotatable bonds is 7.